The summed E-state index contributed by atoms with van der Waals surface area (Å²) in [6.07, 6.45) is 0.963. The molecule has 1 aromatic heterocycles. The highest BCUT2D eigenvalue weighted by molar-refractivity contribution is 7.10. The number of halogens is 1. The van der Waals surface area contributed by atoms with Gasteiger partial charge in [-0.15, -0.1) is 11.3 Å². The summed E-state index contributed by atoms with van der Waals surface area (Å²) in [5.41, 5.74) is 7.28. The minimum Gasteiger partial charge on any atom is -0.385 e. The van der Waals surface area contributed by atoms with E-state index in [4.69, 9.17) is 22.1 Å². The van der Waals surface area contributed by atoms with E-state index >= 15 is 0 Å². The average Bonchev–Trinajstić information content (AvgIpc) is 2.55. The van der Waals surface area contributed by atoms with Gasteiger partial charge in [-0.05, 0) is 30.2 Å². The fraction of sp³-hybridized carbons (Fsp3) is 0.636. The Labute approximate surface area is 100 Å². The first-order valence-electron chi connectivity index (χ1n) is 5.06. The molecule has 0 saturated carbocycles. The number of nitrogens with two attached hydrogens (primary N) is 1. The second-order valence-corrected chi connectivity index (χ2v) is 5.17. The van der Waals surface area contributed by atoms with Crippen molar-refractivity contribution in [1.82, 2.24) is 0 Å². The second kappa shape index (κ2) is 5.85. The van der Waals surface area contributed by atoms with Crippen molar-refractivity contribution >= 4 is 22.9 Å². The van der Waals surface area contributed by atoms with Gasteiger partial charge in [0.1, 0.15) is 0 Å². The Bertz CT molecular complexity index is 314. The molecule has 1 aromatic rings. The summed E-state index contributed by atoms with van der Waals surface area (Å²) in [6.45, 7) is 4.89. The van der Waals surface area contributed by atoms with Crippen LogP contribution in [0, 0.1) is 12.8 Å². The number of hydrogen-bond acceptors (Lipinski definition) is 3. The van der Waals surface area contributed by atoms with Gasteiger partial charge in [-0.1, -0.05) is 18.5 Å². The van der Waals surface area contributed by atoms with E-state index in [9.17, 15) is 0 Å². The summed E-state index contributed by atoms with van der Waals surface area (Å²) in [7, 11) is 1.71. The molecule has 15 heavy (non-hydrogen) atoms. The second-order valence-electron chi connectivity index (χ2n) is 3.88. The van der Waals surface area contributed by atoms with Crippen LogP contribution in [0.3, 0.4) is 0 Å². The highest BCUT2D eigenvalue weighted by Gasteiger charge is 2.19. The molecule has 0 spiro atoms. The largest absolute Gasteiger partial charge is 0.385 e. The van der Waals surface area contributed by atoms with Gasteiger partial charge in [0.2, 0.25) is 0 Å². The first kappa shape index (κ1) is 13.0. The van der Waals surface area contributed by atoms with Crippen molar-refractivity contribution in [3.8, 4) is 0 Å². The van der Waals surface area contributed by atoms with Crippen molar-refractivity contribution in [2.75, 3.05) is 13.7 Å². The van der Waals surface area contributed by atoms with Gasteiger partial charge in [0, 0.05) is 24.6 Å². The Balaban J connectivity index is 2.67. The number of rotatable bonds is 5. The number of methoxy groups -OCH3 is 1. The molecule has 0 radical (unpaired) electrons. The fourth-order valence-electron chi connectivity index (χ4n) is 1.42. The van der Waals surface area contributed by atoms with Crippen molar-refractivity contribution in [2.24, 2.45) is 11.7 Å². The van der Waals surface area contributed by atoms with Crippen molar-refractivity contribution < 1.29 is 4.74 Å². The zero-order valence-corrected chi connectivity index (χ0v) is 11.0. The summed E-state index contributed by atoms with van der Waals surface area (Å²) in [4.78, 5) is 1.10. The van der Waals surface area contributed by atoms with Crippen molar-refractivity contribution in [2.45, 2.75) is 26.3 Å². The molecule has 0 saturated heterocycles. The highest BCUT2D eigenvalue weighted by atomic mass is 35.5. The number of thiophene rings is 1. The maximum absolute atomic E-state index is 6.18. The number of aryl methyl sites for hydroxylation is 1. The molecule has 0 amide bonds. The van der Waals surface area contributed by atoms with E-state index in [1.165, 1.54) is 0 Å². The van der Waals surface area contributed by atoms with Crippen LogP contribution >= 0.6 is 22.9 Å². The SMILES string of the molecule is COCCC(C)C(N)c1scc(C)c1Cl. The highest BCUT2D eigenvalue weighted by Crippen LogP contribution is 2.35. The molecule has 0 aliphatic carbocycles. The van der Waals surface area contributed by atoms with Crippen LogP contribution in [0.15, 0.2) is 5.38 Å². The van der Waals surface area contributed by atoms with Gasteiger partial charge < -0.3 is 10.5 Å². The third-order valence-electron chi connectivity index (χ3n) is 2.62. The van der Waals surface area contributed by atoms with Gasteiger partial charge in [0.05, 0.1) is 5.02 Å². The monoisotopic (exact) mass is 247 g/mol. The molecule has 0 aromatic carbocycles. The zero-order chi connectivity index (χ0) is 11.4. The molecule has 1 rings (SSSR count). The Morgan fingerprint density at radius 2 is 2.27 bits per heavy atom. The van der Waals surface area contributed by atoms with E-state index in [2.05, 4.69) is 12.3 Å². The first-order chi connectivity index (χ1) is 7.07. The molecular formula is C11H18ClNOS. The van der Waals surface area contributed by atoms with E-state index in [0.717, 1.165) is 28.5 Å². The molecule has 1 heterocycles. The summed E-state index contributed by atoms with van der Waals surface area (Å²) in [5, 5.41) is 2.89. The van der Waals surface area contributed by atoms with Crippen LogP contribution in [-0.4, -0.2) is 13.7 Å². The standard InChI is InChI=1S/C11H18ClNOS/c1-7(4-5-14-3)10(13)11-9(12)8(2)6-15-11/h6-7,10H,4-5,13H2,1-3H3. The third kappa shape index (κ3) is 3.18. The van der Waals surface area contributed by atoms with Crippen molar-refractivity contribution in [3.63, 3.8) is 0 Å². The molecule has 0 aliphatic heterocycles. The lowest BCUT2D eigenvalue weighted by Crippen LogP contribution is -2.19. The van der Waals surface area contributed by atoms with Gasteiger partial charge in [-0.25, -0.2) is 0 Å². The minimum absolute atomic E-state index is 0.0198. The van der Waals surface area contributed by atoms with Crippen molar-refractivity contribution in [1.29, 1.82) is 0 Å². The summed E-state index contributed by atoms with van der Waals surface area (Å²) >= 11 is 7.83. The zero-order valence-electron chi connectivity index (χ0n) is 9.42. The topological polar surface area (TPSA) is 35.2 Å². The van der Waals surface area contributed by atoms with Crippen molar-refractivity contribution in [3.05, 3.63) is 20.8 Å². The van der Waals surface area contributed by atoms with E-state index in [0.29, 0.717) is 5.92 Å². The van der Waals surface area contributed by atoms with Crippen LogP contribution in [0.5, 0.6) is 0 Å². The summed E-state index contributed by atoms with van der Waals surface area (Å²) in [6, 6.07) is 0.0198. The molecular weight excluding hydrogens is 230 g/mol. The van der Waals surface area contributed by atoms with Gasteiger partial charge in [0.25, 0.3) is 0 Å². The molecule has 0 bridgehead atoms. The Hall–Kier alpha value is -0.0900. The average molecular weight is 248 g/mol. The maximum Gasteiger partial charge on any atom is 0.0590 e. The Kier molecular flexibility index (Phi) is 5.06. The predicted molar refractivity (Wildman–Crippen MR) is 66.7 cm³/mol. The molecule has 2 atom stereocenters. The molecule has 0 aliphatic rings. The molecule has 2 nitrogen and oxygen atoms in total. The normalized spacial score (nSPS) is 15.3. The van der Waals surface area contributed by atoms with Crippen LogP contribution < -0.4 is 5.73 Å². The lowest BCUT2D eigenvalue weighted by atomic mass is 9.98. The maximum atomic E-state index is 6.18. The molecule has 86 valence electrons. The lowest BCUT2D eigenvalue weighted by molar-refractivity contribution is 0.175. The first-order valence-corrected chi connectivity index (χ1v) is 6.31. The van der Waals surface area contributed by atoms with Gasteiger partial charge in [-0.2, -0.15) is 0 Å². The van der Waals surface area contributed by atoms with Crippen LogP contribution in [0.1, 0.15) is 29.8 Å². The van der Waals surface area contributed by atoms with Crippen LogP contribution in [-0.2, 0) is 4.74 Å². The van der Waals surface area contributed by atoms with Gasteiger partial charge in [0.15, 0.2) is 0 Å². The van der Waals surface area contributed by atoms with E-state index in [1.807, 2.05) is 6.92 Å². The molecule has 2 unspecified atom stereocenters. The van der Waals surface area contributed by atoms with Gasteiger partial charge >= 0.3 is 0 Å². The molecule has 2 N–H and O–H groups in total. The van der Waals surface area contributed by atoms with Gasteiger partial charge in [-0.3, -0.25) is 0 Å². The molecule has 0 fully saturated rings. The van der Waals surface area contributed by atoms with E-state index < -0.39 is 0 Å². The van der Waals surface area contributed by atoms with Crippen LogP contribution in [0.4, 0.5) is 0 Å². The van der Waals surface area contributed by atoms with Crippen LogP contribution in [0.2, 0.25) is 5.02 Å². The Morgan fingerprint density at radius 1 is 1.60 bits per heavy atom. The summed E-state index contributed by atoms with van der Waals surface area (Å²) in [5.74, 6) is 0.389. The summed E-state index contributed by atoms with van der Waals surface area (Å²) < 4.78 is 5.05. The Morgan fingerprint density at radius 3 is 2.73 bits per heavy atom. The van der Waals surface area contributed by atoms with Crippen LogP contribution in [0.25, 0.3) is 0 Å². The third-order valence-corrected chi connectivity index (χ3v) is 4.43. The minimum atomic E-state index is 0.0198. The lowest BCUT2D eigenvalue weighted by Gasteiger charge is -2.18. The number of hydrogen-bond donors (Lipinski definition) is 1. The predicted octanol–water partition coefficient (Wildman–Crippen LogP) is 3.38. The fourth-order valence-corrected chi connectivity index (χ4v) is 2.87. The van der Waals surface area contributed by atoms with E-state index in [1.54, 1.807) is 18.4 Å². The smallest absolute Gasteiger partial charge is 0.0590 e. The quantitative estimate of drug-likeness (QED) is 0.866. The number of ether oxygens (including phenoxy) is 1. The van der Waals surface area contributed by atoms with E-state index in [-0.39, 0.29) is 6.04 Å². The molecule has 4 heteroatoms.